The minimum absolute atomic E-state index is 0. The van der Waals surface area contributed by atoms with E-state index in [1.54, 1.807) is 18.2 Å². The summed E-state index contributed by atoms with van der Waals surface area (Å²) in [7, 11) is 0. The van der Waals surface area contributed by atoms with Gasteiger partial charge in [0.05, 0.1) is 0 Å². The lowest BCUT2D eigenvalue weighted by Crippen LogP contribution is -2.16. The van der Waals surface area contributed by atoms with Gasteiger partial charge < -0.3 is 17.2 Å². The van der Waals surface area contributed by atoms with Crippen LogP contribution in [0.4, 0.5) is 5.69 Å². The van der Waals surface area contributed by atoms with Crippen molar-refractivity contribution in [3.8, 4) is 0 Å². The highest BCUT2D eigenvalue weighted by Crippen LogP contribution is 2.16. The van der Waals surface area contributed by atoms with Crippen molar-refractivity contribution in [1.29, 1.82) is 5.41 Å². The number of ketones is 1. The lowest BCUT2D eigenvalue weighted by atomic mass is 9.98. The van der Waals surface area contributed by atoms with Gasteiger partial charge in [-0.15, -0.1) is 12.4 Å². The Balaban J connectivity index is 0.00000324. The van der Waals surface area contributed by atoms with Gasteiger partial charge in [0.1, 0.15) is 5.84 Å². The first-order chi connectivity index (χ1) is 8.56. The summed E-state index contributed by atoms with van der Waals surface area (Å²) in [6.07, 6.45) is 3.08. The van der Waals surface area contributed by atoms with E-state index in [0.717, 1.165) is 19.3 Å². The fourth-order valence-electron chi connectivity index (χ4n) is 1.77. The first-order valence-electron chi connectivity index (χ1n) is 6.03. The van der Waals surface area contributed by atoms with Crippen LogP contribution in [0.25, 0.3) is 0 Å². The predicted octanol–water partition coefficient (Wildman–Crippen LogP) is 1.68. The van der Waals surface area contributed by atoms with E-state index in [2.05, 4.69) is 0 Å². The van der Waals surface area contributed by atoms with Crippen LogP contribution < -0.4 is 17.2 Å². The Kier molecular flexibility index (Phi) is 7.79. The molecular formula is C13H21ClN4O. The molecule has 106 valence electrons. The smallest absolute Gasteiger partial charge is 0.163 e. The van der Waals surface area contributed by atoms with E-state index in [0.29, 0.717) is 29.8 Å². The molecule has 0 saturated heterocycles. The second kappa shape index (κ2) is 8.50. The van der Waals surface area contributed by atoms with Gasteiger partial charge in [0.2, 0.25) is 0 Å². The number of benzene rings is 1. The molecule has 0 bridgehead atoms. The number of carbonyl (C=O) groups is 1. The van der Waals surface area contributed by atoms with Crippen molar-refractivity contribution in [1.82, 2.24) is 0 Å². The van der Waals surface area contributed by atoms with E-state index in [4.69, 9.17) is 22.6 Å². The van der Waals surface area contributed by atoms with Crippen LogP contribution >= 0.6 is 12.4 Å². The summed E-state index contributed by atoms with van der Waals surface area (Å²) in [5.74, 6) is -0.134. The maximum absolute atomic E-state index is 12.0. The number of amidine groups is 1. The van der Waals surface area contributed by atoms with E-state index in [1.807, 2.05) is 0 Å². The molecule has 19 heavy (non-hydrogen) atoms. The molecule has 0 atom stereocenters. The predicted molar refractivity (Wildman–Crippen MR) is 81.0 cm³/mol. The van der Waals surface area contributed by atoms with Crippen LogP contribution in [0.3, 0.4) is 0 Å². The molecule has 7 N–H and O–H groups in total. The molecule has 0 aliphatic carbocycles. The molecule has 1 aromatic carbocycles. The molecule has 1 rings (SSSR count). The molecule has 5 nitrogen and oxygen atoms in total. The molecule has 0 amide bonds. The molecule has 1 aromatic rings. The number of rotatable bonds is 7. The van der Waals surface area contributed by atoms with Crippen molar-refractivity contribution in [2.75, 3.05) is 12.3 Å². The Bertz CT molecular complexity index is 448. The summed E-state index contributed by atoms with van der Waals surface area (Å²) in [5.41, 5.74) is 17.9. The van der Waals surface area contributed by atoms with Crippen molar-refractivity contribution >= 4 is 29.7 Å². The standard InChI is InChI=1S/C13H20N4O.ClH/c14-7-3-1-2-4-12(18)11-8-9(15)5-6-10(11)13(16)17;/h5-6,8H,1-4,7,14-15H2,(H3,16,17);1H. The van der Waals surface area contributed by atoms with Gasteiger partial charge in [-0.05, 0) is 37.6 Å². The molecule has 0 radical (unpaired) electrons. The van der Waals surface area contributed by atoms with Crippen molar-refractivity contribution in [3.63, 3.8) is 0 Å². The van der Waals surface area contributed by atoms with Crippen LogP contribution in [0.15, 0.2) is 18.2 Å². The summed E-state index contributed by atoms with van der Waals surface area (Å²) >= 11 is 0. The van der Waals surface area contributed by atoms with Gasteiger partial charge in [0.25, 0.3) is 0 Å². The quantitative estimate of drug-likeness (QED) is 0.200. The zero-order valence-electron chi connectivity index (χ0n) is 10.8. The van der Waals surface area contributed by atoms with E-state index >= 15 is 0 Å². The monoisotopic (exact) mass is 284 g/mol. The second-order valence-electron chi connectivity index (χ2n) is 4.24. The van der Waals surface area contributed by atoms with Crippen molar-refractivity contribution in [2.24, 2.45) is 11.5 Å². The summed E-state index contributed by atoms with van der Waals surface area (Å²) in [6.45, 7) is 0.644. The number of hydrogen-bond acceptors (Lipinski definition) is 4. The third-order valence-electron chi connectivity index (χ3n) is 2.74. The Labute approximate surface area is 119 Å². The second-order valence-corrected chi connectivity index (χ2v) is 4.24. The fourth-order valence-corrected chi connectivity index (χ4v) is 1.77. The molecule has 0 unspecified atom stereocenters. The molecule has 0 aliphatic heterocycles. The third kappa shape index (κ3) is 5.28. The number of carbonyl (C=O) groups excluding carboxylic acids is 1. The topological polar surface area (TPSA) is 119 Å². The lowest BCUT2D eigenvalue weighted by molar-refractivity contribution is 0.0979. The number of nitrogen functional groups attached to an aromatic ring is 2. The van der Waals surface area contributed by atoms with Gasteiger partial charge >= 0.3 is 0 Å². The average molecular weight is 285 g/mol. The third-order valence-corrected chi connectivity index (χ3v) is 2.74. The molecule has 0 heterocycles. The van der Waals surface area contributed by atoms with E-state index in [-0.39, 0.29) is 24.0 Å². The number of unbranched alkanes of at least 4 members (excludes halogenated alkanes) is 2. The van der Waals surface area contributed by atoms with Crippen LogP contribution in [0.1, 0.15) is 41.6 Å². The number of halogens is 1. The van der Waals surface area contributed by atoms with Gasteiger partial charge in [0, 0.05) is 23.2 Å². The minimum Gasteiger partial charge on any atom is -0.399 e. The number of hydrogen-bond donors (Lipinski definition) is 4. The first kappa shape index (κ1) is 17.4. The zero-order chi connectivity index (χ0) is 13.5. The zero-order valence-corrected chi connectivity index (χ0v) is 11.6. The lowest BCUT2D eigenvalue weighted by Gasteiger charge is -2.08. The molecule has 0 saturated carbocycles. The number of anilines is 1. The van der Waals surface area contributed by atoms with Crippen LogP contribution in [0, 0.1) is 5.41 Å². The van der Waals surface area contributed by atoms with E-state index < -0.39 is 0 Å². The maximum atomic E-state index is 12.0. The average Bonchev–Trinajstić information content (AvgIpc) is 2.34. The van der Waals surface area contributed by atoms with Gasteiger partial charge in [-0.3, -0.25) is 10.2 Å². The first-order valence-corrected chi connectivity index (χ1v) is 6.03. The van der Waals surface area contributed by atoms with E-state index in [1.165, 1.54) is 0 Å². The highest BCUT2D eigenvalue weighted by molar-refractivity contribution is 6.08. The van der Waals surface area contributed by atoms with E-state index in [9.17, 15) is 4.79 Å². The molecule has 0 fully saturated rings. The van der Waals surface area contributed by atoms with Gasteiger partial charge in [0.15, 0.2) is 5.78 Å². The molecule has 6 heteroatoms. The Morgan fingerprint density at radius 2 is 1.84 bits per heavy atom. The Morgan fingerprint density at radius 3 is 2.42 bits per heavy atom. The van der Waals surface area contributed by atoms with Crippen molar-refractivity contribution in [2.45, 2.75) is 25.7 Å². The van der Waals surface area contributed by atoms with Crippen LogP contribution in [-0.2, 0) is 0 Å². The number of nitrogens with two attached hydrogens (primary N) is 3. The molecule has 0 spiro atoms. The van der Waals surface area contributed by atoms with Gasteiger partial charge in [-0.25, -0.2) is 0 Å². The van der Waals surface area contributed by atoms with Crippen LogP contribution in [0.2, 0.25) is 0 Å². The molecule has 0 aliphatic rings. The summed E-state index contributed by atoms with van der Waals surface area (Å²) in [5, 5.41) is 7.45. The Morgan fingerprint density at radius 1 is 1.16 bits per heavy atom. The summed E-state index contributed by atoms with van der Waals surface area (Å²) in [4.78, 5) is 12.0. The largest absolute Gasteiger partial charge is 0.399 e. The van der Waals surface area contributed by atoms with Gasteiger partial charge in [-0.2, -0.15) is 0 Å². The minimum atomic E-state index is -0.111. The molecule has 0 aromatic heterocycles. The summed E-state index contributed by atoms with van der Waals surface area (Å²) in [6, 6.07) is 4.84. The number of nitrogens with one attached hydrogen (secondary N) is 1. The molecular weight excluding hydrogens is 264 g/mol. The summed E-state index contributed by atoms with van der Waals surface area (Å²) < 4.78 is 0. The van der Waals surface area contributed by atoms with Gasteiger partial charge in [-0.1, -0.05) is 6.42 Å². The normalized spacial score (nSPS) is 9.74. The SMILES string of the molecule is Cl.N=C(N)c1ccc(N)cc1C(=O)CCCCCN. The van der Waals surface area contributed by atoms with Crippen molar-refractivity contribution in [3.05, 3.63) is 29.3 Å². The number of Topliss-reactive ketones (excluding diaryl/α,β-unsaturated/α-hetero) is 1. The Hall–Kier alpha value is -1.59. The van der Waals surface area contributed by atoms with Crippen LogP contribution in [0.5, 0.6) is 0 Å². The highest BCUT2D eigenvalue weighted by atomic mass is 35.5. The van der Waals surface area contributed by atoms with Crippen molar-refractivity contribution < 1.29 is 4.79 Å². The highest BCUT2D eigenvalue weighted by Gasteiger charge is 2.13. The maximum Gasteiger partial charge on any atom is 0.163 e. The fraction of sp³-hybridized carbons (Fsp3) is 0.385. The van der Waals surface area contributed by atoms with Crippen LogP contribution in [-0.4, -0.2) is 18.2 Å².